The summed E-state index contributed by atoms with van der Waals surface area (Å²) in [6.45, 7) is 0. The van der Waals surface area contributed by atoms with Crippen LogP contribution >= 0.6 is 11.6 Å². The molecule has 0 atom stereocenters. The van der Waals surface area contributed by atoms with Crippen LogP contribution in [0.1, 0.15) is 21.5 Å². The first kappa shape index (κ1) is 13.3. The van der Waals surface area contributed by atoms with Gasteiger partial charge in [0.1, 0.15) is 11.8 Å². The highest BCUT2D eigenvalue weighted by molar-refractivity contribution is 6.68. The monoisotopic (exact) mass is 263 g/mol. The minimum atomic E-state index is -4.75. The highest BCUT2D eigenvalue weighted by atomic mass is 35.5. The second kappa shape index (κ2) is 4.63. The van der Waals surface area contributed by atoms with Crippen LogP contribution in [-0.2, 0) is 6.18 Å². The number of nitriles is 1. The Labute approximate surface area is 99.4 Å². The molecule has 0 N–H and O–H groups in total. The summed E-state index contributed by atoms with van der Waals surface area (Å²) >= 11 is 5.10. The van der Waals surface area contributed by atoms with Crippen LogP contribution in [0.4, 0.5) is 13.2 Å². The summed E-state index contributed by atoms with van der Waals surface area (Å²) in [4.78, 5) is 11.0. The Kier molecular flexibility index (Phi) is 3.63. The second-order valence-electron chi connectivity index (χ2n) is 2.95. The molecule has 0 fully saturated rings. The minimum absolute atomic E-state index is 0.190. The molecular weight excluding hydrogens is 259 g/mol. The molecule has 0 saturated carbocycles. The van der Waals surface area contributed by atoms with E-state index in [4.69, 9.17) is 16.9 Å². The highest BCUT2D eigenvalue weighted by Crippen LogP contribution is 2.38. The van der Waals surface area contributed by atoms with Crippen molar-refractivity contribution in [1.82, 2.24) is 0 Å². The van der Waals surface area contributed by atoms with Gasteiger partial charge in [-0.05, 0) is 23.7 Å². The lowest BCUT2D eigenvalue weighted by molar-refractivity contribution is -0.138. The first-order valence-electron chi connectivity index (χ1n) is 4.21. The normalized spacial score (nSPS) is 10.8. The molecule has 0 aliphatic carbocycles. The molecule has 3 nitrogen and oxygen atoms in total. The van der Waals surface area contributed by atoms with Crippen molar-refractivity contribution in [2.24, 2.45) is 0 Å². The molecule has 0 spiro atoms. The number of carbonyl (C=O) groups is 1. The summed E-state index contributed by atoms with van der Waals surface area (Å²) in [5, 5.41) is 7.36. The lowest BCUT2D eigenvalue weighted by Gasteiger charge is -2.14. The Hall–Kier alpha value is -1.74. The van der Waals surface area contributed by atoms with Crippen LogP contribution in [0.3, 0.4) is 0 Å². The molecule has 0 amide bonds. The van der Waals surface area contributed by atoms with E-state index in [1.165, 1.54) is 0 Å². The van der Waals surface area contributed by atoms with Crippen LogP contribution < -0.4 is 4.74 Å². The Morgan fingerprint density at radius 3 is 2.41 bits per heavy atom. The zero-order valence-electron chi connectivity index (χ0n) is 8.43. The second-order valence-corrected chi connectivity index (χ2v) is 3.30. The van der Waals surface area contributed by atoms with Gasteiger partial charge in [-0.3, -0.25) is 4.79 Å². The predicted molar refractivity (Wildman–Crippen MR) is 52.9 cm³/mol. The van der Waals surface area contributed by atoms with Crippen molar-refractivity contribution >= 4 is 16.8 Å². The molecule has 0 aliphatic heterocycles. The van der Waals surface area contributed by atoms with E-state index in [-0.39, 0.29) is 5.56 Å². The number of hydrogen-bond acceptors (Lipinski definition) is 3. The predicted octanol–water partition coefficient (Wildman–Crippen LogP) is 2.96. The van der Waals surface area contributed by atoms with E-state index in [9.17, 15) is 18.0 Å². The van der Waals surface area contributed by atoms with Crippen molar-refractivity contribution in [2.45, 2.75) is 6.18 Å². The van der Waals surface area contributed by atoms with E-state index in [2.05, 4.69) is 4.74 Å². The van der Waals surface area contributed by atoms with Gasteiger partial charge in [-0.15, -0.1) is 0 Å². The zero-order chi connectivity index (χ0) is 13.2. The Morgan fingerprint density at radius 1 is 1.47 bits per heavy atom. The number of nitrogens with zero attached hydrogens (tertiary/aromatic N) is 1. The number of hydrogen-bond donors (Lipinski definition) is 0. The van der Waals surface area contributed by atoms with Gasteiger partial charge in [-0.25, -0.2) is 0 Å². The average Bonchev–Trinajstić information content (AvgIpc) is 2.25. The molecule has 17 heavy (non-hydrogen) atoms. The van der Waals surface area contributed by atoms with Crippen LogP contribution in [0.15, 0.2) is 12.1 Å². The van der Waals surface area contributed by atoms with Gasteiger partial charge in [0.25, 0.3) is 5.24 Å². The third kappa shape index (κ3) is 2.50. The zero-order valence-corrected chi connectivity index (χ0v) is 9.19. The number of methoxy groups -OCH3 is 1. The van der Waals surface area contributed by atoms with Gasteiger partial charge in [0.2, 0.25) is 0 Å². The van der Waals surface area contributed by atoms with Gasteiger partial charge >= 0.3 is 6.18 Å². The van der Waals surface area contributed by atoms with Crippen LogP contribution in [0.25, 0.3) is 0 Å². The molecule has 90 valence electrons. The van der Waals surface area contributed by atoms with Gasteiger partial charge in [0, 0.05) is 0 Å². The third-order valence-corrected chi connectivity index (χ3v) is 2.17. The number of ether oxygens (including phenoxy) is 1. The fraction of sp³-hybridized carbons (Fsp3) is 0.200. The maximum absolute atomic E-state index is 12.6. The summed E-state index contributed by atoms with van der Waals surface area (Å²) in [7, 11) is 1.06. The summed E-state index contributed by atoms with van der Waals surface area (Å²) < 4.78 is 42.5. The summed E-state index contributed by atoms with van der Waals surface area (Å²) in [5.74, 6) is -0.470. The lowest BCUT2D eigenvalue weighted by Crippen LogP contribution is -2.13. The van der Waals surface area contributed by atoms with Crippen molar-refractivity contribution in [3.8, 4) is 11.8 Å². The number of rotatable bonds is 2. The number of halogens is 4. The Balaban J connectivity index is 3.67. The first-order chi connectivity index (χ1) is 7.82. The van der Waals surface area contributed by atoms with Crippen LogP contribution in [0.2, 0.25) is 0 Å². The maximum Gasteiger partial charge on any atom is 0.417 e. The Morgan fingerprint density at radius 2 is 2.06 bits per heavy atom. The highest BCUT2D eigenvalue weighted by Gasteiger charge is 2.37. The minimum Gasteiger partial charge on any atom is -0.495 e. The summed E-state index contributed by atoms with van der Waals surface area (Å²) in [6.07, 6.45) is -4.75. The first-order valence-corrected chi connectivity index (χ1v) is 4.58. The SMILES string of the molecule is COc1c(C#N)ccc(C(F)(F)F)c1C(=O)Cl. The topological polar surface area (TPSA) is 50.1 Å². The van der Waals surface area contributed by atoms with Crippen LogP contribution in [0.5, 0.6) is 5.75 Å². The molecule has 0 heterocycles. The lowest BCUT2D eigenvalue weighted by atomic mass is 10.0. The molecule has 0 aromatic heterocycles. The summed E-state index contributed by atoms with van der Waals surface area (Å²) in [6, 6.07) is 3.16. The van der Waals surface area contributed by atoms with Crippen molar-refractivity contribution in [3.63, 3.8) is 0 Å². The standard InChI is InChI=1S/C10H5ClF3NO2/c1-17-8-5(4-15)2-3-6(10(12,13)14)7(8)9(11)16/h2-3H,1H3. The average molecular weight is 264 g/mol. The molecule has 7 heteroatoms. The van der Waals surface area contributed by atoms with E-state index >= 15 is 0 Å². The van der Waals surface area contributed by atoms with Crippen molar-refractivity contribution in [1.29, 1.82) is 5.26 Å². The van der Waals surface area contributed by atoms with Gasteiger partial charge in [0.15, 0.2) is 0 Å². The van der Waals surface area contributed by atoms with Crippen molar-refractivity contribution < 1.29 is 22.7 Å². The number of carbonyl (C=O) groups excluding carboxylic acids is 1. The van der Waals surface area contributed by atoms with E-state index in [0.717, 1.165) is 13.2 Å². The number of benzene rings is 1. The quantitative estimate of drug-likeness (QED) is 0.771. The molecule has 1 aromatic carbocycles. The van der Waals surface area contributed by atoms with E-state index < -0.39 is 28.3 Å². The van der Waals surface area contributed by atoms with E-state index in [0.29, 0.717) is 6.07 Å². The van der Waals surface area contributed by atoms with Gasteiger partial charge < -0.3 is 4.74 Å². The molecule has 1 rings (SSSR count). The van der Waals surface area contributed by atoms with Gasteiger partial charge in [0.05, 0.1) is 23.8 Å². The summed E-state index contributed by atoms with van der Waals surface area (Å²) in [5.41, 5.74) is -2.27. The molecule has 0 unspecified atom stereocenters. The fourth-order valence-electron chi connectivity index (χ4n) is 1.31. The molecule has 0 radical (unpaired) electrons. The Bertz CT molecular complexity index is 505. The molecule has 0 aliphatic rings. The fourth-order valence-corrected chi connectivity index (χ4v) is 1.50. The van der Waals surface area contributed by atoms with Crippen molar-refractivity contribution in [3.05, 3.63) is 28.8 Å². The molecule has 0 saturated heterocycles. The molecule has 1 aromatic rings. The van der Waals surface area contributed by atoms with Gasteiger partial charge in [-0.1, -0.05) is 0 Å². The van der Waals surface area contributed by atoms with Crippen LogP contribution in [0, 0.1) is 11.3 Å². The van der Waals surface area contributed by atoms with Crippen LogP contribution in [-0.4, -0.2) is 12.4 Å². The van der Waals surface area contributed by atoms with E-state index in [1.54, 1.807) is 6.07 Å². The number of alkyl halides is 3. The van der Waals surface area contributed by atoms with Gasteiger partial charge in [-0.2, -0.15) is 18.4 Å². The largest absolute Gasteiger partial charge is 0.495 e. The third-order valence-electron chi connectivity index (χ3n) is 1.98. The molecule has 0 bridgehead atoms. The smallest absolute Gasteiger partial charge is 0.417 e. The maximum atomic E-state index is 12.6. The van der Waals surface area contributed by atoms with Crippen molar-refractivity contribution in [2.75, 3.05) is 7.11 Å². The molecular formula is C10H5ClF3NO2. The van der Waals surface area contributed by atoms with E-state index in [1.807, 2.05) is 0 Å².